The van der Waals surface area contributed by atoms with Crippen LogP contribution in [-0.4, -0.2) is 17.2 Å². The average molecular weight is 263 g/mol. The summed E-state index contributed by atoms with van der Waals surface area (Å²) in [5, 5.41) is 8.89. The zero-order chi connectivity index (χ0) is 13.7. The fourth-order valence-electron chi connectivity index (χ4n) is 1.56. The van der Waals surface area contributed by atoms with Crippen LogP contribution in [0.3, 0.4) is 0 Å². The molecule has 0 amide bonds. The number of methoxy groups -OCH3 is 1. The van der Waals surface area contributed by atoms with Gasteiger partial charge in [-0.15, -0.1) is 0 Å². The molecule has 0 aliphatic rings. The Kier molecular flexibility index (Phi) is 4.30. The minimum atomic E-state index is -0.505. The molecule has 4 nitrogen and oxygen atoms in total. The lowest BCUT2D eigenvalue weighted by Gasteiger charge is -2.08. The fourth-order valence-corrected chi connectivity index (χ4v) is 1.56. The Labute approximate surface area is 110 Å². The van der Waals surface area contributed by atoms with Crippen molar-refractivity contribution < 1.29 is 19.0 Å². The molecule has 19 heavy (non-hydrogen) atoms. The van der Waals surface area contributed by atoms with Crippen molar-refractivity contribution in [2.45, 2.75) is 13.2 Å². The summed E-state index contributed by atoms with van der Waals surface area (Å²) in [6.07, 6.45) is 0. The molecule has 2 rings (SSSR count). The van der Waals surface area contributed by atoms with E-state index >= 15 is 0 Å². The molecule has 0 atom stereocenters. The first-order valence-electron chi connectivity index (χ1n) is 5.75. The third kappa shape index (κ3) is 3.42. The van der Waals surface area contributed by atoms with Crippen molar-refractivity contribution in [2.24, 2.45) is 0 Å². The topological polar surface area (TPSA) is 51.6 Å². The number of hydrogen-bond acceptors (Lipinski definition) is 4. The van der Waals surface area contributed by atoms with E-state index in [1.807, 2.05) is 0 Å². The van der Waals surface area contributed by atoms with E-state index in [4.69, 9.17) is 14.6 Å². The van der Waals surface area contributed by atoms with Crippen LogP contribution in [0.4, 0.5) is 4.39 Å². The van der Waals surface area contributed by atoms with Gasteiger partial charge in [0, 0.05) is 6.07 Å². The lowest BCUT2D eigenvalue weighted by Crippen LogP contribution is -2.01. The number of aliphatic hydroxyl groups excluding tert-OH is 1. The van der Waals surface area contributed by atoms with Crippen molar-refractivity contribution in [3.63, 3.8) is 0 Å². The van der Waals surface area contributed by atoms with Crippen LogP contribution in [0, 0.1) is 5.82 Å². The molecule has 0 fully saturated rings. The monoisotopic (exact) mass is 263 g/mol. The number of rotatable bonds is 5. The van der Waals surface area contributed by atoms with Gasteiger partial charge in [-0.25, -0.2) is 9.37 Å². The van der Waals surface area contributed by atoms with Gasteiger partial charge in [-0.1, -0.05) is 12.1 Å². The first kappa shape index (κ1) is 13.3. The molecule has 100 valence electrons. The standard InChI is InChI=1S/C14H14FNO3/c1-18-14-4-2-3-11(16-14)9-19-13-6-5-10(8-17)7-12(13)15/h2-7,17H,8-9H2,1H3. The number of aliphatic hydroxyl groups is 1. The summed E-state index contributed by atoms with van der Waals surface area (Å²) in [6, 6.07) is 9.62. The van der Waals surface area contributed by atoms with Crippen molar-refractivity contribution >= 4 is 0 Å². The van der Waals surface area contributed by atoms with Gasteiger partial charge in [0.2, 0.25) is 5.88 Å². The van der Waals surface area contributed by atoms with Crippen molar-refractivity contribution in [1.29, 1.82) is 0 Å². The number of pyridine rings is 1. The first-order valence-corrected chi connectivity index (χ1v) is 5.75. The van der Waals surface area contributed by atoms with Crippen LogP contribution in [0.15, 0.2) is 36.4 Å². The second kappa shape index (κ2) is 6.15. The van der Waals surface area contributed by atoms with Crippen LogP contribution < -0.4 is 9.47 Å². The van der Waals surface area contributed by atoms with Crippen molar-refractivity contribution in [1.82, 2.24) is 4.98 Å². The Hall–Kier alpha value is -2.14. The highest BCUT2D eigenvalue weighted by molar-refractivity contribution is 5.29. The zero-order valence-corrected chi connectivity index (χ0v) is 10.5. The Morgan fingerprint density at radius 3 is 2.79 bits per heavy atom. The molecule has 1 heterocycles. The third-order valence-electron chi connectivity index (χ3n) is 2.54. The highest BCUT2D eigenvalue weighted by Crippen LogP contribution is 2.19. The van der Waals surface area contributed by atoms with Gasteiger partial charge in [-0.3, -0.25) is 0 Å². The lowest BCUT2D eigenvalue weighted by molar-refractivity contribution is 0.274. The first-order chi connectivity index (χ1) is 9.22. The molecule has 0 unspecified atom stereocenters. The van der Waals surface area contributed by atoms with Gasteiger partial charge in [0.15, 0.2) is 11.6 Å². The molecule has 0 bridgehead atoms. The molecule has 0 saturated carbocycles. The van der Waals surface area contributed by atoms with E-state index in [9.17, 15) is 4.39 Å². The maximum Gasteiger partial charge on any atom is 0.213 e. The maximum atomic E-state index is 13.6. The van der Waals surface area contributed by atoms with Crippen molar-refractivity contribution in [3.8, 4) is 11.6 Å². The minimum absolute atomic E-state index is 0.127. The number of hydrogen-bond donors (Lipinski definition) is 1. The van der Waals surface area contributed by atoms with E-state index in [-0.39, 0.29) is 19.0 Å². The Morgan fingerprint density at radius 2 is 2.11 bits per heavy atom. The van der Waals surface area contributed by atoms with Crippen LogP contribution in [0.25, 0.3) is 0 Å². The van der Waals surface area contributed by atoms with Gasteiger partial charge < -0.3 is 14.6 Å². The van der Waals surface area contributed by atoms with Crippen LogP contribution in [0.2, 0.25) is 0 Å². The van der Waals surface area contributed by atoms with Gasteiger partial charge >= 0.3 is 0 Å². The van der Waals surface area contributed by atoms with Gasteiger partial charge in [-0.2, -0.15) is 0 Å². The summed E-state index contributed by atoms with van der Waals surface area (Å²) in [6.45, 7) is -0.0543. The lowest BCUT2D eigenvalue weighted by atomic mass is 10.2. The summed E-state index contributed by atoms with van der Waals surface area (Å²) in [5.41, 5.74) is 1.15. The van der Waals surface area contributed by atoms with Gasteiger partial charge in [0.25, 0.3) is 0 Å². The Balaban J connectivity index is 2.05. The molecular formula is C14H14FNO3. The van der Waals surface area contributed by atoms with Crippen LogP contribution in [0.5, 0.6) is 11.6 Å². The highest BCUT2D eigenvalue weighted by atomic mass is 19.1. The molecule has 2 aromatic rings. The predicted octanol–water partition coefficient (Wildman–Crippen LogP) is 2.30. The predicted molar refractivity (Wildman–Crippen MR) is 67.4 cm³/mol. The molecule has 0 spiro atoms. The molecule has 0 aliphatic heterocycles. The average Bonchev–Trinajstić information content (AvgIpc) is 2.46. The molecule has 1 aromatic heterocycles. The van der Waals surface area contributed by atoms with E-state index in [1.54, 1.807) is 24.3 Å². The second-order valence-corrected chi connectivity index (χ2v) is 3.88. The van der Waals surface area contributed by atoms with Gasteiger partial charge in [0.05, 0.1) is 19.4 Å². The largest absolute Gasteiger partial charge is 0.484 e. The number of aromatic nitrogens is 1. The van der Waals surface area contributed by atoms with E-state index in [0.29, 0.717) is 17.1 Å². The number of ether oxygens (including phenoxy) is 2. The fraction of sp³-hybridized carbons (Fsp3) is 0.214. The zero-order valence-electron chi connectivity index (χ0n) is 10.5. The molecule has 0 aliphatic carbocycles. The molecule has 1 N–H and O–H groups in total. The quantitative estimate of drug-likeness (QED) is 0.899. The molecular weight excluding hydrogens is 249 g/mol. The maximum absolute atomic E-state index is 13.6. The highest BCUT2D eigenvalue weighted by Gasteiger charge is 2.06. The SMILES string of the molecule is COc1cccc(COc2ccc(CO)cc2F)n1. The van der Waals surface area contributed by atoms with E-state index < -0.39 is 5.82 Å². The Bertz CT molecular complexity index is 560. The minimum Gasteiger partial charge on any atom is -0.484 e. The summed E-state index contributed by atoms with van der Waals surface area (Å²) in [4.78, 5) is 4.16. The van der Waals surface area contributed by atoms with E-state index in [2.05, 4.69) is 4.98 Å². The normalized spacial score (nSPS) is 10.3. The van der Waals surface area contributed by atoms with Crippen molar-refractivity contribution in [3.05, 3.63) is 53.5 Å². The summed E-state index contributed by atoms with van der Waals surface area (Å²) >= 11 is 0. The number of benzene rings is 1. The van der Waals surface area contributed by atoms with Crippen LogP contribution >= 0.6 is 0 Å². The number of nitrogens with zero attached hydrogens (tertiary/aromatic N) is 1. The van der Waals surface area contributed by atoms with Crippen LogP contribution in [0.1, 0.15) is 11.3 Å². The van der Waals surface area contributed by atoms with E-state index in [0.717, 1.165) is 0 Å². The summed E-state index contributed by atoms with van der Waals surface area (Å²) in [5.74, 6) is 0.105. The van der Waals surface area contributed by atoms with Gasteiger partial charge in [-0.05, 0) is 23.8 Å². The second-order valence-electron chi connectivity index (χ2n) is 3.88. The summed E-state index contributed by atoms with van der Waals surface area (Å²) < 4.78 is 23.9. The third-order valence-corrected chi connectivity index (χ3v) is 2.54. The van der Waals surface area contributed by atoms with E-state index in [1.165, 1.54) is 19.2 Å². The molecule has 0 radical (unpaired) electrons. The van der Waals surface area contributed by atoms with Crippen molar-refractivity contribution in [2.75, 3.05) is 7.11 Å². The number of halogens is 1. The molecule has 0 saturated heterocycles. The van der Waals surface area contributed by atoms with Crippen LogP contribution in [-0.2, 0) is 13.2 Å². The summed E-state index contributed by atoms with van der Waals surface area (Å²) in [7, 11) is 1.53. The van der Waals surface area contributed by atoms with Gasteiger partial charge in [0.1, 0.15) is 6.61 Å². The Morgan fingerprint density at radius 1 is 1.26 bits per heavy atom. The smallest absolute Gasteiger partial charge is 0.213 e. The molecule has 1 aromatic carbocycles. The molecule has 5 heteroatoms.